The summed E-state index contributed by atoms with van der Waals surface area (Å²) in [4.78, 5) is 12.0. The van der Waals surface area contributed by atoms with Gasteiger partial charge in [-0.3, -0.25) is 4.79 Å². The molecule has 0 spiro atoms. The van der Waals surface area contributed by atoms with Crippen LogP contribution < -0.4 is 4.72 Å². The Bertz CT molecular complexity index is 856. The smallest absolute Gasteiger partial charge is 0.324 e. The molecule has 1 aromatic carbocycles. The lowest BCUT2D eigenvalue weighted by molar-refractivity contribution is -0.145. The number of nitrogens with one attached hydrogen (secondary N) is 1. The number of thiophene rings is 1. The summed E-state index contributed by atoms with van der Waals surface area (Å²) in [7, 11) is -4.09. The third kappa shape index (κ3) is 5.18. The van der Waals surface area contributed by atoms with Crippen LogP contribution in [0.2, 0.25) is 8.67 Å². The largest absolute Gasteiger partial charge is 0.465 e. The number of rotatable bonds is 7. The van der Waals surface area contributed by atoms with Crippen molar-refractivity contribution in [2.75, 3.05) is 6.61 Å². The molecule has 1 N–H and O–H groups in total. The van der Waals surface area contributed by atoms with Crippen LogP contribution in [0.25, 0.3) is 0 Å². The number of halogens is 3. The van der Waals surface area contributed by atoms with Crippen molar-refractivity contribution < 1.29 is 17.9 Å². The highest BCUT2D eigenvalue weighted by Gasteiger charge is 2.32. The molecule has 0 amide bonds. The van der Waals surface area contributed by atoms with E-state index in [0.29, 0.717) is 0 Å². The standard InChI is InChI=1S/C15H14BrCl2NO4S2/c1-2-23-15(20)10(8-9-6-4-3-5-7-9)19-25(21,22)12-11(16)13(17)24-14(12)18/h3-7,10,19H,2,8H2,1H3. The molecular formula is C15H14BrCl2NO4S2. The second kappa shape index (κ2) is 8.83. The van der Waals surface area contributed by atoms with E-state index in [-0.39, 0.29) is 31.1 Å². The monoisotopic (exact) mass is 485 g/mol. The van der Waals surface area contributed by atoms with Crippen LogP contribution in [0.3, 0.4) is 0 Å². The second-order valence-corrected chi connectivity index (χ2v) is 9.58. The lowest BCUT2D eigenvalue weighted by Gasteiger charge is -2.17. The highest BCUT2D eigenvalue weighted by molar-refractivity contribution is 9.10. The van der Waals surface area contributed by atoms with E-state index in [1.165, 1.54) is 0 Å². The van der Waals surface area contributed by atoms with Crippen molar-refractivity contribution in [3.8, 4) is 0 Å². The predicted octanol–water partition coefficient (Wildman–Crippen LogP) is 4.27. The van der Waals surface area contributed by atoms with Gasteiger partial charge in [0.05, 0.1) is 11.1 Å². The first-order valence-corrected chi connectivity index (χ1v) is 11.0. The maximum absolute atomic E-state index is 12.7. The molecule has 10 heteroatoms. The minimum atomic E-state index is -4.09. The van der Waals surface area contributed by atoms with E-state index in [4.69, 9.17) is 27.9 Å². The first-order chi connectivity index (χ1) is 11.8. The maximum Gasteiger partial charge on any atom is 0.324 e. The topological polar surface area (TPSA) is 72.5 Å². The van der Waals surface area contributed by atoms with Gasteiger partial charge in [0.2, 0.25) is 10.0 Å². The fourth-order valence-corrected chi connectivity index (χ4v) is 6.82. The summed E-state index contributed by atoms with van der Waals surface area (Å²) in [6.07, 6.45) is 0.145. The van der Waals surface area contributed by atoms with Gasteiger partial charge in [-0.2, -0.15) is 4.72 Å². The molecule has 2 aromatic rings. The zero-order chi connectivity index (χ0) is 18.6. The predicted molar refractivity (Wildman–Crippen MR) is 103 cm³/mol. The molecule has 0 aliphatic rings. The summed E-state index contributed by atoms with van der Waals surface area (Å²) in [6, 6.07) is 7.94. The third-order valence-electron chi connectivity index (χ3n) is 3.15. The number of benzene rings is 1. The minimum Gasteiger partial charge on any atom is -0.465 e. The highest BCUT2D eigenvalue weighted by Crippen LogP contribution is 2.42. The fourth-order valence-electron chi connectivity index (χ4n) is 2.08. The molecule has 0 aliphatic heterocycles. The van der Waals surface area contributed by atoms with Crippen LogP contribution in [0, 0.1) is 0 Å². The van der Waals surface area contributed by atoms with Gasteiger partial charge in [0.1, 0.15) is 19.6 Å². The average molecular weight is 487 g/mol. The number of esters is 1. The van der Waals surface area contributed by atoms with Crippen molar-refractivity contribution in [2.45, 2.75) is 24.3 Å². The van der Waals surface area contributed by atoms with E-state index in [2.05, 4.69) is 20.7 Å². The van der Waals surface area contributed by atoms with Crippen LogP contribution in [0.5, 0.6) is 0 Å². The van der Waals surface area contributed by atoms with E-state index in [1.807, 2.05) is 6.07 Å². The summed E-state index contributed by atoms with van der Waals surface area (Å²) < 4.78 is 33.2. The molecule has 1 heterocycles. The van der Waals surface area contributed by atoms with E-state index >= 15 is 0 Å². The van der Waals surface area contributed by atoms with E-state index < -0.39 is 22.0 Å². The van der Waals surface area contributed by atoms with Crippen LogP contribution in [0.4, 0.5) is 0 Å². The maximum atomic E-state index is 12.7. The molecule has 0 radical (unpaired) electrons. The van der Waals surface area contributed by atoms with Gasteiger partial charge in [0.25, 0.3) is 0 Å². The lowest BCUT2D eigenvalue weighted by atomic mass is 10.1. The number of hydrogen-bond acceptors (Lipinski definition) is 5. The summed E-state index contributed by atoms with van der Waals surface area (Å²) in [5, 5.41) is 0. The van der Waals surface area contributed by atoms with E-state index in [0.717, 1.165) is 16.9 Å². The zero-order valence-electron chi connectivity index (χ0n) is 13.0. The summed E-state index contributed by atoms with van der Waals surface area (Å²) in [6.45, 7) is 1.79. The normalized spacial score (nSPS) is 12.8. The quantitative estimate of drug-likeness (QED) is 0.593. The molecule has 0 aliphatic carbocycles. The van der Waals surface area contributed by atoms with Gasteiger partial charge in [0.15, 0.2) is 0 Å². The number of hydrogen-bond donors (Lipinski definition) is 1. The lowest BCUT2D eigenvalue weighted by Crippen LogP contribution is -2.43. The van der Waals surface area contributed by atoms with Crippen molar-refractivity contribution in [3.63, 3.8) is 0 Å². The first kappa shape index (κ1) is 20.7. The van der Waals surface area contributed by atoms with Crippen molar-refractivity contribution in [1.29, 1.82) is 0 Å². The molecule has 136 valence electrons. The Morgan fingerprint density at radius 2 is 1.92 bits per heavy atom. The van der Waals surface area contributed by atoms with E-state index in [1.54, 1.807) is 31.2 Å². The van der Waals surface area contributed by atoms with Crippen molar-refractivity contribution >= 4 is 66.5 Å². The Hall–Kier alpha value is -0.640. The Morgan fingerprint density at radius 1 is 1.28 bits per heavy atom. The highest BCUT2D eigenvalue weighted by atomic mass is 79.9. The molecule has 1 unspecified atom stereocenters. The molecule has 25 heavy (non-hydrogen) atoms. The molecule has 5 nitrogen and oxygen atoms in total. The first-order valence-electron chi connectivity index (χ1n) is 7.12. The van der Waals surface area contributed by atoms with Gasteiger partial charge in [-0.25, -0.2) is 8.42 Å². The summed E-state index contributed by atoms with van der Waals surface area (Å²) >= 11 is 16.0. The third-order valence-corrected chi connectivity index (χ3v) is 8.09. The van der Waals surface area contributed by atoms with Crippen LogP contribution in [0.1, 0.15) is 12.5 Å². The number of carbonyl (C=O) groups excluding carboxylic acids is 1. The Morgan fingerprint density at radius 3 is 2.44 bits per heavy atom. The summed E-state index contributed by atoms with van der Waals surface area (Å²) in [5.41, 5.74) is 0.789. The van der Waals surface area contributed by atoms with Gasteiger partial charge in [-0.05, 0) is 34.8 Å². The second-order valence-electron chi connectivity index (χ2n) is 4.91. The van der Waals surface area contributed by atoms with Gasteiger partial charge in [-0.1, -0.05) is 53.5 Å². The average Bonchev–Trinajstić information content (AvgIpc) is 2.81. The Balaban J connectivity index is 2.33. The fraction of sp³-hybridized carbons (Fsp3) is 0.267. The minimum absolute atomic E-state index is 0.00620. The van der Waals surface area contributed by atoms with Crippen LogP contribution >= 0.6 is 50.5 Å². The van der Waals surface area contributed by atoms with Gasteiger partial charge in [-0.15, -0.1) is 11.3 Å². The number of sulfonamides is 1. The Labute approximate surface area is 168 Å². The zero-order valence-corrected chi connectivity index (χ0v) is 17.7. The van der Waals surface area contributed by atoms with Gasteiger partial charge in [0, 0.05) is 0 Å². The summed E-state index contributed by atoms with van der Waals surface area (Å²) in [5.74, 6) is -0.663. The molecular weight excluding hydrogens is 473 g/mol. The molecule has 1 aromatic heterocycles. The van der Waals surface area contributed by atoms with Crippen molar-refractivity contribution in [1.82, 2.24) is 4.72 Å². The molecule has 0 fully saturated rings. The van der Waals surface area contributed by atoms with E-state index in [9.17, 15) is 13.2 Å². The SMILES string of the molecule is CCOC(=O)C(Cc1ccccc1)NS(=O)(=O)c1c(Cl)sc(Cl)c1Br. The molecule has 2 rings (SSSR count). The molecule has 0 bridgehead atoms. The van der Waals surface area contributed by atoms with Gasteiger partial charge >= 0.3 is 5.97 Å². The number of ether oxygens (including phenoxy) is 1. The van der Waals surface area contributed by atoms with Crippen LogP contribution in [-0.4, -0.2) is 27.0 Å². The Kier molecular flexibility index (Phi) is 7.30. The molecule has 1 atom stereocenters. The van der Waals surface area contributed by atoms with Crippen molar-refractivity contribution in [3.05, 3.63) is 49.0 Å². The van der Waals surface area contributed by atoms with Gasteiger partial charge < -0.3 is 4.74 Å². The van der Waals surface area contributed by atoms with Crippen LogP contribution in [-0.2, 0) is 26.0 Å². The van der Waals surface area contributed by atoms with Crippen LogP contribution in [0.15, 0.2) is 39.7 Å². The van der Waals surface area contributed by atoms with Crippen molar-refractivity contribution in [2.24, 2.45) is 0 Å². The molecule has 0 saturated heterocycles. The number of carbonyl (C=O) groups is 1. The molecule has 0 saturated carbocycles.